The summed E-state index contributed by atoms with van der Waals surface area (Å²) in [5.41, 5.74) is 2.32. The minimum Gasteiger partial charge on any atom is -0.350 e. The van der Waals surface area contributed by atoms with Crippen molar-refractivity contribution in [2.75, 3.05) is 0 Å². The van der Waals surface area contributed by atoms with E-state index < -0.39 is 0 Å². The fourth-order valence-corrected chi connectivity index (χ4v) is 2.66. The first kappa shape index (κ1) is 12.9. The maximum absolute atomic E-state index is 12.1. The molecule has 0 aliphatic heterocycles. The molecule has 4 heteroatoms. The molecule has 104 valence electrons. The van der Waals surface area contributed by atoms with Gasteiger partial charge in [-0.25, -0.2) is 0 Å². The monoisotopic (exact) mass is 269 g/mol. The van der Waals surface area contributed by atoms with Gasteiger partial charge in [-0.1, -0.05) is 30.3 Å². The van der Waals surface area contributed by atoms with Gasteiger partial charge in [-0.15, -0.1) is 0 Å². The number of benzene rings is 1. The van der Waals surface area contributed by atoms with Gasteiger partial charge in [-0.05, 0) is 30.9 Å². The van der Waals surface area contributed by atoms with Crippen LogP contribution in [0.15, 0.2) is 42.6 Å². The molecular weight excluding hydrogens is 250 g/mol. The average molecular weight is 269 g/mol. The van der Waals surface area contributed by atoms with Crippen LogP contribution in [0.1, 0.15) is 30.5 Å². The summed E-state index contributed by atoms with van der Waals surface area (Å²) in [7, 11) is 0. The van der Waals surface area contributed by atoms with Gasteiger partial charge in [0.05, 0.1) is 12.2 Å². The van der Waals surface area contributed by atoms with Crippen LogP contribution < -0.4 is 5.32 Å². The number of amides is 1. The second kappa shape index (κ2) is 5.49. The van der Waals surface area contributed by atoms with Gasteiger partial charge < -0.3 is 5.32 Å². The van der Waals surface area contributed by atoms with Crippen LogP contribution in [0.4, 0.5) is 0 Å². The summed E-state index contributed by atoms with van der Waals surface area (Å²) in [6.45, 7) is 3.43. The molecule has 2 atom stereocenters. The Bertz CT molecular complexity index is 591. The maximum Gasteiger partial charge on any atom is 0.224 e. The van der Waals surface area contributed by atoms with Crippen LogP contribution in [0.3, 0.4) is 0 Å². The van der Waals surface area contributed by atoms with Gasteiger partial charge in [0.2, 0.25) is 5.91 Å². The summed E-state index contributed by atoms with van der Waals surface area (Å²) in [4.78, 5) is 12.1. The van der Waals surface area contributed by atoms with E-state index in [2.05, 4.69) is 22.5 Å². The molecule has 3 rings (SSSR count). The third-order valence-corrected chi connectivity index (χ3v) is 3.90. The Morgan fingerprint density at radius 2 is 2.15 bits per heavy atom. The second-order valence-corrected chi connectivity index (χ2v) is 5.22. The zero-order valence-corrected chi connectivity index (χ0v) is 11.6. The summed E-state index contributed by atoms with van der Waals surface area (Å²) in [5.74, 6) is 0.686. The number of carbonyl (C=O) groups is 1. The zero-order chi connectivity index (χ0) is 13.9. The van der Waals surface area contributed by atoms with E-state index in [-0.39, 0.29) is 11.8 Å². The molecule has 0 spiro atoms. The lowest BCUT2D eigenvalue weighted by molar-refractivity contribution is -0.122. The standard InChI is InChI=1S/C16H19N3O/c1-2-19-13(8-9-18-19)11-17-16(20)15-10-14(15)12-6-4-3-5-7-12/h3-9,14-15H,2,10-11H2,1H3,(H,17,20)/t14-,15+/m0/s1. The van der Waals surface area contributed by atoms with Crippen molar-refractivity contribution in [2.45, 2.75) is 32.4 Å². The van der Waals surface area contributed by atoms with E-state index in [1.54, 1.807) is 6.20 Å². The molecule has 1 aromatic carbocycles. The Kier molecular flexibility index (Phi) is 3.54. The lowest BCUT2D eigenvalue weighted by atomic mass is 10.1. The lowest BCUT2D eigenvalue weighted by Crippen LogP contribution is -2.26. The summed E-state index contributed by atoms with van der Waals surface area (Å²) in [5, 5.41) is 7.22. The smallest absolute Gasteiger partial charge is 0.224 e. The molecule has 2 aromatic rings. The molecule has 20 heavy (non-hydrogen) atoms. The minimum atomic E-state index is 0.135. The van der Waals surface area contributed by atoms with Crippen LogP contribution >= 0.6 is 0 Å². The second-order valence-electron chi connectivity index (χ2n) is 5.22. The van der Waals surface area contributed by atoms with Gasteiger partial charge in [-0.3, -0.25) is 9.48 Å². The first-order chi connectivity index (χ1) is 9.79. The normalized spacial score (nSPS) is 20.6. The number of aromatic nitrogens is 2. The summed E-state index contributed by atoms with van der Waals surface area (Å²) < 4.78 is 1.90. The molecule has 0 radical (unpaired) electrons. The predicted molar refractivity (Wildman–Crippen MR) is 77.0 cm³/mol. The molecule has 1 amide bonds. The molecule has 1 aromatic heterocycles. The Balaban J connectivity index is 1.54. The third-order valence-electron chi connectivity index (χ3n) is 3.90. The van der Waals surface area contributed by atoms with E-state index in [1.807, 2.05) is 35.9 Å². The van der Waals surface area contributed by atoms with Gasteiger partial charge in [-0.2, -0.15) is 5.10 Å². The van der Waals surface area contributed by atoms with Crippen molar-refractivity contribution < 1.29 is 4.79 Å². The predicted octanol–water partition coefficient (Wildman–Crippen LogP) is 2.32. The molecule has 1 heterocycles. The average Bonchev–Trinajstić information content (AvgIpc) is 3.17. The number of hydrogen-bond acceptors (Lipinski definition) is 2. The molecule has 1 aliphatic carbocycles. The van der Waals surface area contributed by atoms with Gasteiger partial charge in [0.1, 0.15) is 0 Å². The van der Waals surface area contributed by atoms with E-state index >= 15 is 0 Å². The zero-order valence-electron chi connectivity index (χ0n) is 11.6. The fraction of sp³-hybridized carbons (Fsp3) is 0.375. The number of nitrogens with one attached hydrogen (secondary N) is 1. The highest BCUT2D eigenvalue weighted by Crippen LogP contribution is 2.47. The highest BCUT2D eigenvalue weighted by molar-refractivity contribution is 5.82. The van der Waals surface area contributed by atoms with E-state index in [0.717, 1.165) is 18.7 Å². The number of aryl methyl sites for hydroxylation is 1. The molecule has 1 fully saturated rings. The van der Waals surface area contributed by atoms with Crippen LogP contribution in [0.5, 0.6) is 0 Å². The Hall–Kier alpha value is -2.10. The maximum atomic E-state index is 12.1. The summed E-state index contributed by atoms with van der Waals surface area (Å²) >= 11 is 0. The minimum absolute atomic E-state index is 0.135. The van der Waals surface area contributed by atoms with Crippen molar-refractivity contribution in [3.63, 3.8) is 0 Å². The first-order valence-corrected chi connectivity index (χ1v) is 7.13. The van der Waals surface area contributed by atoms with E-state index in [4.69, 9.17) is 0 Å². The molecule has 4 nitrogen and oxygen atoms in total. The summed E-state index contributed by atoms with van der Waals surface area (Å²) in [6, 6.07) is 12.2. The Morgan fingerprint density at radius 1 is 1.35 bits per heavy atom. The van der Waals surface area contributed by atoms with Crippen molar-refractivity contribution in [1.82, 2.24) is 15.1 Å². The van der Waals surface area contributed by atoms with Crippen molar-refractivity contribution >= 4 is 5.91 Å². The molecule has 1 N–H and O–H groups in total. The SMILES string of the molecule is CCn1nccc1CNC(=O)[C@@H]1C[C@H]1c1ccccc1. The molecule has 0 saturated heterocycles. The Morgan fingerprint density at radius 3 is 2.90 bits per heavy atom. The number of rotatable bonds is 5. The van der Waals surface area contributed by atoms with Crippen molar-refractivity contribution in [3.05, 3.63) is 53.9 Å². The summed E-state index contributed by atoms with van der Waals surface area (Å²) in [6.07, 6.45) is 2.73. The van der Waals surface area contributed by atoms with Crippen LogP contribution in [0.2, 0.25) is 0 Å². The quantitative estimate of drug-likeness (QED) is 0.905. The molecular formula is C16H19N3O. The van der Waals surface area contributed by atoms with Crippen molar-refractivity contribution in [3.8, 4) is 0 Å². The van der Waals surface area contributed by atoms with E-state index in [1.165, 1.54) is 5.56 Å². The molecule has 1 saturated carbocycles. The first-order valence-electron chi connectivity index (χ1n) is 7.13. The lowest BCUT2D eigenvalue weighted by Gasteiger charge is -2.07. The molecule has 0 unspecified atom stereocenters. The fourth-order valence-electron chi connectivity index (χ4n) is 2.66. The van der Waals surface area contributed by atoms with Gasteiger partial charge in [0.25, 0.3) is 0 Å². The van der Waals surface area contributed by atoms with Crippen LogP contribution in [-0.2, 0) is 17.9 Å². The van der Waals surface area contributed by atoms with Gasteiger partial charge in [0.15, 0.2) is 0 Å². The molecule has 0 bridgehead atoms. The highest BCUT2D eigenvalue weighted by Gasteiger charge is 2.43. The van der Waals surface area contributed by atoms with Gasteiger partial charge >= 0.3 is 0 Å². The topological polar surface area (TPSA) is 46.9 Å². The number of nitrogens with zero attached hydrogens (tertiary/aromatic N) is 2. The third kappa shape index (κ3) is 2.59. The highest BCUT2D eigenvalue weighted by atomic mass is 16.2. The van der Waals surface area contributed by atoms with Gasteiger partial charge in [0, 0.05) is 18.7 Å². The van der Waals surface area contributed by atoms with Crippen LogP contribution in [0.25, 0.3) is 0 Å². The van der Waals surface area contributed by atoms with Crippen LogP contribution in [-0.4, -0.2) is 15.7 Å². The van der Waals surface area contributed by atoms with E-state index in [9.17, 15) is 4.79 Å². The molecule has 1 aliphatic rings. The van der Waals surface area contributed by atoms with Crippen LogP contribution in [0, 0.1) is 5.92 Å². The number of hydrogen-bond donors (Lipinski definition) is 1. The Labute approximate surface area is 118 Å². The van der Waals surface area contributed by atoms with E-state index in [0.29, 0.717) is 12.5 Å². The largest absolute Gasteiger partial charge is 0.350 e. The van der Waals surface area contributed by atoms with Crippen molar-refractivity contribution in [1.29, 1.82) is 0 Å². The van der Waals surface area contributed by atoms with Crippen molar-refractivity contribution in [2.24, 2.45) is 5.92 Å². The number of carbonyl (C=O) groups excluding carboxylic acids is 1.